The first-order valence-electron chi connectivity index (χ1n) is 6.54. The number of methoxy groups -OCH3 is 1. The maximum atomic E-state index is 11.8. The fourth-order valence-corrected chi connectivity index (χ4v) is 1.57. The molecule has 0 aliphatic rings. The van der Waals surface area contributed by atoms with Crippen LogP contribution in [0.1, 0.15) is 25.8 Å². The van der Waals surface area contributed by atoms with E-state index in [1.165, 1.54) is 0 Å². The zero-order valence-electron chi connectivity index (χ0n) is 12.3. The number of hydrogen-bond donors (Lipinski definition) is 1. The molecule has 4 nitrogen and oxygen atoms in total. The van der Waals surface area contributed by atoms with Crippen molar-refractivity contribution in [2.75, 3.05) is 7.11 Å². The van der Waals surface area contributed by atoms with Crippen LogP contribution in [-0.4, -0.2) is 30.2 Å². The Morgan fingerprint density at radius 1 is 1.35 bits per heavy atom. The highest BCUT2D eigenvalue weighted by molar-refractivity contribution is 5.83. The van der Waals surface area contributed by atoms with Crippen LogP contribution in [-0.2, 0) is 16.1 Å². The molecule has 1 rings (SSSR count). The van der Waals surface area contributed by atoms with Crippen LogP contribution in [0.3, 0.4) is 0 Å². The maximum Gasteiger partial charge on any atom is 0.164 e. The molecule has 2 atom stereocenters. The van der Waals surface area contributed by atoms with Crippen molar-refractivity contribution in [3.63, 3.8) is 0 Å². The third-order valence-electron chi connectivity index (χ3n) is 3.08. The van der Waals surface area contributed by atoms with Crippen LogP contribution in [0.5, 0.6) is 5.75 Å². The largest absolute Gasteiger partial charge is 0.497 e. The van der Waals surface area contributed by atoms with Crippen molar-refractivity contribution in [1.82, 2.24) is 0 Å². The van der Waals surface area contributed by atoms with Gasteiger partial charge in [-0.15, -0.1) is 0 Å². The summed E-state index contributed by atoms with van der Waals surface area (Å²) in [5.74, 6) is 0.650. The molecule has 4 heteroatoms. The third kappa shape index (κ3) is 5.15. The molecule has 0 aliphatic heterocycles. The van der Waals surface area contributed by atoms with Gasteiger partial charge in [-0.1, -0.05) is 24.3 Å². The number of rotatable bonds is 8. The second-order valence-electron chi connectivity index (χ2n) is 4.83. The van der Waals surface area contributed by atoms with E-state index in [0.29, 0.717) is 12.2 Å². The lowest BCUT2D eigenvalue weighted by Crippen LogP contribution is -2.25. The minimum absolute atomic E-state index is 0.0408. The van der Waals surface area contributed by atoms with E-state index in [9.17, 15) is 9.90 Å². The lowest BCUT2D eigenvalue weighted by atomic mass is 10.0. The standard InChI is InChI=1S/C16H22O4/c1-11(2)15(17)9-16(18)12(3)20-10-13-5-7-14(19-4)8-6-13/h5-8,12,15,17H,1,9-10H2,2-4H3/t12-,15-/m0/s1. The van der Waals surface area contributed by atoms with Crippen molar-refractivity contribution in [1.29, 1.82) is 0 Å². The van der Waals surface area contributed by atoms with E-state index in [4.69, 9.17) is 9.47 Å². The zero-order valence-corrected chi connectivity index (χ0v) is 12.3. The molecule has 0 heterocycles. The van der Waals surface area contributed by atoms with E-state index in [1.54, 1.807) is 21.0 Å². The average molecular weight is 278 g/mol. The van der Waals surface area contributed by atoms with Gasteiger partial charge in [0.1, 0.15) is 11.9 Å². The molecule has 0 bridgehead atoms. The monoisotopic (exact) mass is 278 g/mol. The Morgan fingerprint density at radius 2 is 1.95 bits per heavy atom. The van der Waals surface area contributed by atoms with Crippen LogP contribution in [0, 0.1) is 0 Å². The number of aliphatic hydroxyl groups excluding tert-OH is 1. The molecule has 0 amide bonds. The minimum atomic E-state index is -0.797. The molecule has 1 aromatic rings. The molecule has 0 aromatic heterocycles. The second-order valence-corrected chi connectivity index (χ2v) is 4.83. The van der Waals surface area contributed by atoms with Crippen molar-refractivity contribution in [2.45, 2.75) is 39.1 Å². The fourth-order valence-electron chi connectivity index (χ4n) is 1.57. The smallest absolute Gasteiger partial charge is 0.164 e. The van der Waals surface area contributed by atoms with E-state index >= 15 is 0 Å². The molecule has 0 saturated carbocycles. The SMILES string of the molecule is C=C(C)[C@@H](O)CC(=O)[C@H](C)OCc1ccc(OC)cc1. The number of ether oxygens (including phenoxy) is 2. The third-order valence-corrected chi connectivity index (χ3v) is 3.08. The topological polar surface area (TPSA) is 55.8 Å². The summed E-state index contributed by atoms with van der Waals surface area (Å²) >= 11 is 0. The first kappa shape index (κ1) is 16.4. The van der Waals surface area contributed by atoms with Crippen LogP contribution in [0.2, 0.25) is 0 Å². The lowest BCUT2D eigenvalue weighted by Gasteiger charge is -2.15. The molecular formula is C16H22O4. The molecule has 0 saturated heterocycles. The molecule has 1 aromatic carbocycles. The van der Waals surface area contributed by atoms with Gasteiger partial charge in [0.2, 0.25) is 0 Å². The molecule has 1 N–H and O–H groups in total. The number of Topliss-reactive ketones (excluding diaryl/α,β-unsaturated/α-hetero) is 1. The predicted molar refractivity (Wildman–Crippen MR) is 77.7 cm³/mol. The van der Waals surface area contributed by atoms with Crippen LogP contribution in [0.15, 0.2) is 36.4 Å². The van der Waals surface area contributed by atoms with Gasteiger partial charge in [-0.3, -0.25) is 4.79 Å². The van der Waals surface area contributed by atoms with E-state index in [1.807, 2.05) is 24.3 Å². The van der Waals surface area contributed by atoms with Gasteiger partial charge in [0.05, 0.1) is 19.8 Å². The molecule has 0 radical (unpaired) electrons. The number of hydrogen-bond acceptors (Lipinski definition) is 4. The van der Waals surface area contributed by atoms with Crippen LogP contribution < -0.4 is 4.74 Å². The van der Waals surface area contributed by atoms with E-state index in [-0.39, 0.29) is 12.2 Å². The normalized spacial score (nSPS) is 13.6. The Balaban J connectivity index is 2.43. The maximum absolute atomic E-state index is 11.8. The molecule has 0 fully saturated rings. The van der Waals surface area contributed by atoms with Gasteiger partial charge in [-0.2, -0.15) is 0 Å². The van der Waals surface area contributed by atoms with Gasteiger partial charge in [-0.25, -0.2) is 0 Å². The summed E-state index contributed by atoms with van der Waals surface area (Å²) < 4.78 is 10.6. The minimum Gasteiger partial charge on any atom is -0.497 e. The lowest BCUT2D eigenvalue weighted by molar-refractivity contribution is -0.131. The van der Waals surface area contributed by atoms with Crippen molar-refractivity contribution in [2.24, 2.45) is 0 Å². The molecular weight excluding hydrogens is 256 g/mol. The average Bonchev–Trinajstić information content (AvgIpc) is 2.44. The number of benzene rings is 1. The van der Waals surface area contributed by atoms with Gasteiger partial charge < -0.3 is 14.6 Å². The molecule has 0 aliphatic carbocycles. The summed E-state index contributed by atoms with van der Waals surface area (Å²) in [6.07, 6.45) is -1.31. The number of carbonyl (C=O) groups is 1. The van der Waals surface area contributed by atoms with Gasteiger partial charge in [0.25, 0.3) is 0 Å². The first-order valence-corrected chi connectivity index (χ1v) is 6.54. The van der Waals surface area contributed by atoms with Crippen molar-refractivity contribution >= 4 is 5.78 Å². The Kier molecular flexibility index (Phi) is 6.42. The van der Waals surface area contributed by atoms with Gasteiger partial charge in [0.15, 0.2) is 5.78 Å². The summed E-state index contributed by atoms with van der Waals surface area (Å²) in [4.78, 5) is 11.8. The Morgan fingerprint density at radius 3 is 2.45 bits per heavy atom. The fraction of sp³-hybridized carbons (Fsp3) is 0.438. The predicted octanol–water partition coefficient (Wildman–Crippen LogP) is 2.50. The van der Waals surface area contributed by atoms with E-state index < -0.39 is 12.2 Å². The van der Waals surface area contributed by atoms with E-state index in [0.717, 1.165) is 11.3 Å². The highest BCUT2D eigenvalue weighted by Crippen LogP contribution is 2.13. The summed E-state index contributed by atoms with van der Waals surface area (Å²) in [7, 11) is 1.61. The van der Waals surface area contributed by atoms with Crippen molar-refractivity contribution < 1.29 is 19.4 Å². The quantitative estimate of drug-likeness (QED) is 0.742. The number of carbonyl (C=O) groups excluding carboxylic acids is 1. The van der Waals surface area contributed by atoms with Gasteiger partial charge in [0, 0.05) is 6.42 Å². The van der Waals surface area contributed by atoms with Gasteiger partial charge >= 0.3 is 0 Å². The van der Waals surface area contributed by atoms with Gasteiger partial charge in [-0.05, 0) is 31.5 Å². The summed E-state index contributed by atoms with van der Waals surface area (Å²) in [6, 6.07) is 7.46. The summed E-state index contributed by atoms with van der Waals surface area (Å²) in [5.41, 5.74) is 1.55. The number of ketones is 1. The highest BCUT2D eigenvalue weighted by atomic mass is 16.5. The Bertz CT molecular complexity index is 450. The molecule has 0 spiro atoms. The Hall–Kier alpha value is -1.65. The highest BCUT2D eigenvalue weighted by Gasteiger charge is 2.18. The molecule has 110 valence electrons. The number of aliphatic hydroxyl groups is 1. The second kappa shape index (κ2) is 7.82. The molecule has 20 heavy (non-hydrogen) atoms. The van der Waals surface area contributed by atoms with Crippen molar-refractivity contribution in [3.8, 4) is 5.75 Å². The zero-order chi connectivity index (χ0) is 15.1. The summed E-state index contributed by atoms with van der Waals surface area (Å²) in [6.45, 7) is 7.36. The first-order chi connectivity index (χ1) is 9.43. The van der Waals surface area contributed by atoms with E-state index in [2.05, 4.69) is 6.58 Å². The van der Waals surface area contributed by atoms with Crippen LogP contribution in [0.4, 0.5) is 0 Å². The Labute approximate surface area is 120 Å². The van der Waals surface area contributed by atoms with Crippen LogP contribution >= 0.6 is 0 Å². The molecule has 0 unspecified atom stereocenters. The summed E-state index contributed by atoms with van der Waals surface area (Å²) in [5, 5.41) is 9.60. The van der Waals surface area contributed by atoms with Crippen molar-refractivity contribution in [3.05, 3.63) is 42.0 Å². The van der Waals surface area contributed by atoms with Crippen LogP contribution in [0.25, 0.3) is 0 Å².